The van der Waals surface area contributed by atoms with Gasteiger partial charge in [0.05, 0.1) is 16.5 Å². The van der Waals surface area contributed by atoms with Crippen molar-refractivity contribution < 1.29 is 4.74 Å². The standard InChI is InChI=1S/C13H9BrN4O/c14-10-7-16-13(17-8-10)19-12-3-1-2-11(6-12)18-5-4-15-9-18/h1-9H. The zero-order valence-corrected chi connectivity index (χ0v) is 11.4. The van der Waals surface area contributed by atoms with Crippen molar-refractivity contribution in [3.8, 4) is 17.4 Å². The summed E-state index contributed by atoms with van der Waals surface area (Å²) in [6.45, 7) is 0. The second kappa shape index (κ2) is 5.19. The van der Waals surface area contributed by atoms with Crippen LogP contribution in [0, 0.1) is 0 Å². The number of ether oxygens (including phenoxy) is 1. The highest BCUT2D eigenvalue weighted by molar-refractivity contribution is 9.10. The maximum atomic E-state index is 5.60. The first-order chi connectivity index (χ1) is 9.31. The van der Waals surface area contributed by atoms with Crippen LogP contribution in [0.3, 0.4) is 0 Å². The molecule has 2 heterocycles. The second-order valence-corrected chi connectivity index (χ2v) is 4.67. The van der Waals surface area contributed by atoms with Crippen LogP contribution in [-0.4, -0.2) is 19.5 Å². The van der Waals surface area contributed by atoms with Gasteiger partial charge in [0.1, 0.15) is 5.75 Å². The highest BCUT2D eigenvalue weighted by atomic mass is 79.9. The lowest BCUT2D eigenvalue weighted by atomic mass is 10.3. The minimum Gasteiger partial charge on any atom is -0.424 e. The zero-order valence-electron chi connectivity index (χ0n) is 9.77. The summed E-state index contributed by atoms with van der Waals surface area (Å²) < 4.78 is 8.31. The van der Waals surface area contributed by atoms with Gasteiger partial charge in [0, 0.05) is 30.9 Å². The average Bonchev–Trinajstić information content (AvgIpc) is 2.96. The van der Waals surface area contributed by atoms with Gasteiger partial charge >= 0.3 is 6.01 Å². The number of rotatable bonds is 3. The highest BCUT2D eigenvalue weighted by Crippen LogP contribution is 2.21. The summed E-state index contributed by atoms with van der Waals surface area (Å²) in [6, 6.07) is 7.94. The molecular formula is C13H9BrN4O. The first kappa shape index (κ1) is 11.9. The predicted octanol–water partition coefficient (Wildman–Crippen LogP) is 3.22. The number of nitrogens with zero attached hydrogens (tertiary/aromatic N) is 4. The van der Waals surface area contributed by atoms with Crippen LogP contribution in [0.2, 0.25) is 0 Å². The van der Waals surface area contributed by atoms with E-state index < -0.39 is 0 Å². The molecule has 94 valence electrons. The molecule has 0 aliphatic rings. The van der Waals surface area contributed by atoms with Crippen molar-refractivity contribution in [2.45, 2.75) is 0 Å². The maximum Gasteiger partial charge on any atom is 0.321 e. The maximum absolute atomic E-state index is 5.60. The van der Waals surface area contributed by atoms with Gasteiger partial charge in [-0.3, -0.25) is 0 Å². The van der Waals surface area contributed by atoms with Crippen LogP contribution in [0.25, 0.3) is 5.69 Å². The number of hydrogen-bond acceptors (Lipinski definition) is 4. The molecule has 0 atom stereocenters. The van der Waals surface area contributed by atoms with Crippen LogP contribution in [0.5, 0.6) is 11.8 Å². The topological polar surface area (TPSA) is 52.8 Å². The summed E-state index contributed by atoms with van der Waals surface area (Å²) in [5.41, 5.74) is 0.965. The molecule has 0 radical (unpaired) electrons. The van der Waals surface area contributed by atoms with Crippen molar-refractivity contribution in [1.82, 2.24) is 19.5 Å². The summed E-state index contributed by atoms with van der Waals surface area (Å²) in [4.78, 5) is 12.1. The molecule has 0 unspecified atom stereocenters. The van der Waals surface area contributed by atoms with Crippen molar-refractivity contribution >= 4 is 15.9 Å². The fourth-order valence-corrected chi connectivity index (χ4v) is 1.78. The van der Waals surface area contributed by atoms with Gasteiger partial charge in [-0.1, -0.05) is 6.07 Å². The Hall–Kier alpha value is -2.21. The van der Waals surface area contributed by atoms with Crippen molar-refractivity contribution in [1.29, 1.82) is 0 Å². The minimum atomic E-state index is 0.311. The van der Waals surface area contributed by atoms with Crippen LogP contribution >= 0.6 is 15.9 Å². The van der Waals surface area contributed by atoms with E-state index in [0.29, 0.717) is 11.8 Å². The zero-order chi connectivity index (χ0) is 13.1. The summed E-state index contributed by atoms with van der Waals surface area (Å²) in [5, 5.41) is 0. The Morgan fingerprint density at radius 3 is 2.74 bits per heavy atom. The van der Waals surface area contributed by atoms with Crippen molar-refractivity contribution in [3.63, 3.8) is 0 Å². The van der Waals surface area contributed by atoms with Crippen LogP contribution in [0.4, 0.5) is 0 Å². The van der Waals surface area contributed by atoms with Gasteiger partial charge < -0.3 is 9.30 Å². The number of aromatic nitrogens is 4. The molecule has 5 nitrogen and oxygen atoms in total. The van der Waals surface area contributed by atoms with Crippen LogP contribution in [0.1, 0.15) is 0 Å². The Morgan fingerprint density at radius 2 is 2.00 bits per heavy atom. The molecule has 0 aliphatic carbocycles. The Balaban J connectivity index is 1.85. The SMILES string of the molecule is Brc1cnc(Oc2cccc(-n3ccnc3)c2)nc1. The molecule has 0 amide bonds. The van der Waals surface area contributed by atoms with E-state index in [1.807, 2.05) is 35.0 Å². The molecule has 2 aromatic heterocycles. The van der Waals surface area contributed by atoms with E-state index >= 15 is 0 Å². The monoisotopic (exact) mass is 316 g/mol. The largest absolute Gasteiger partial charge is 0.424 e. The van der Waals surface area contributed by atoms with Gasteiger partial charge in [-0.05, 0) is 28.1 Å². The van der Waals surface area contributed by atoms with Crippen LogP contribution in [-0.2, 0) is 0 Å². The molecule has 0 saturated carbocycles. The lowest BCUT2D eigenvalue weighted by Gasteiger charge is -2.06. The predicted molar refractivity (Wildman–Crippen MR) is 73.4 cm³/mol. The highest BCUT2D eigenvalue weighted by Gasteiger charge is 2.02. The Bertz CT molecular complexity index is 667. The Labute approximate surface area is 118 Å². The quantitative estimate of drug-likeness (QED) is 0.744. The van der Waals surface area contributed by atoms with E-state index in [2.05, 4.69) is 30.9 Å². The van der Waals surface area contributed by atoms with E-state index in [1.54, 1.807) is 24.9 Å². The number of benzene rings is 1. The number of halogens is 1. The summed E-state index contributed by atoms with van der Waals surface area (Å²) in [5.74, 6) is 0.675. The number of imidazole rings is 1. The summed E-state index contributed by atoms with van der Waals surface area (Å²) in [6.07, 6.45) is 8.61. The van der Waals surface area contributed by atoms with Gasteiger partial charge in [0.25, 0.3) is 0 Å². The number of hydrogen-bond donors (Lipinski definition) is 0. The lowest BCUT2D eigenvalue weighted by molar-refractivity contribution is 0.441. The third kappa shape index (κ3) is 2.79. The molecule has 3 aromatic rings. The van der Waals surface area contributed by atoms with Crippen LogP contribution in [0.15, 0.2) is 59.9 Å². The molecule has 19 heavy (non-hydrogen) atoms. The van der Waals surface area contributed by atoms with Gasteiger partial charge in [-0.25, -0.2) is 15.0 Å². The fourth-order valence-electron chi connectivity index (χ4n) is 1.58. The minimum absolute atomic E-state index is 0.311. The van der Waals surface area contributed by atoms with Crippen molar-refractivity contribution in [2.75, 3.05) is 0 Å². The molecule has 6 heteroatoms. The summed E-state index contributed by atoms with van der Waals surface area (Å²) >= 11 is 3.28. The first-order valence-corrected chi connectivity index (χ1v) is 6.34. The van der Waals surface area contributed by atoms with Gasteiger partial charge in [-0.2, -0.15) is 0 Å². The lowest BCUT2D eigenvalue weighted by Crippen LogP contribution is -1.93. The second-order valence-electron chi connectivity index (χ2n) is 3.75. The first-order valence-electron chi connectivity index (χ1n) is 5.55. The van der Waals surface area contributed by atoms with Crippen molar-refractivity contribution in [3.05, 3.63) is 59.9 Å². The molecule has 1 aromatic carbocycles. The van der Waals surface area contributed by atoms with Crippen LogP contribution < -0.4 is 4.74 Å². The Morgan fingerprint density at radius 1 is 1.16 bits per heavy atom. The van der Waals surface area contributed by atoms with Gasteiger partial charge in [-0.15, -0.1) is 0 Å². The average molecular weight is 317 g/mol. The van der Waals surface area contributed by atoms with E-state index in [4.69, 9.17) is 4.74 Å². The third-order valence-corrected chi connectivity index (χ3v) is 2.84. The molecular weight excluding hydrogens is 308 g/mol. The smallest absolute Gasteiger partial charge is 0.321 e. The normalized spacial score (nSPS) is 10.4. The van der Waals surface area contributed by atoms with Gasteiger partial charge in [0.15, 0.2) is 0 Å². The van der Waals surface area contributed by atoms with Crippen molar-refractivity contribution in [2.24, 2.45) is 0 Å². The Kier molecular flexibility index (Phi) is 3.24. The molecule has 0 saturated heterocycles. The molecule has 3 rings (SSSR count). The van der Waals surface area contributed by atoms with E-state index in [9.17, 15) is 0 Å². The van der Waals surface area contributed by atoms with E-state index in [0.717, 1.165) is 10.2 Å². The molecule has 0 bridgehead atoms. The van der Waals surface area contributed by atoms with E-state index in [1.165, 1.54) is 0 Å². The third-order valence-electron chi connectivity index (χ3n) is 2.43. The van der Waals surface area contributed by atoms with E-state index in [-0.39, 0.29) is 0 Å². The molecule has 0 N–H and O–H groups in total. The fraction of sp³-hybridized carbons (Fsp3) is 0. The summed E-state index contributed by atoms with van der Waals surface area (Å²) in [7, 11) is 0. The molecule has 0 fully saturated rings. The van der Waals surface area contributed by atoms with Gasteiger partial charge in [0.2, 0.25) is 0 Å². The molecule has 0 aliphatic heterocycles. The molecule has 0 spiro atoms.